The van der Waals surface area contributed by atoms with E-state index in [-0.39, 0.29) is 0 Å². The zero-order valence-electron chi connectivity index (χ0n) is 15.9. The Labute approximate surface area is 165 Å². The maximum atomic E-state index is 11.2. The Kier molecular flexibility index (Phi) is 5.57. The second-order valence-electron chi connectivity index (χ2n) is 7.46. The van der Waals surface area contributed by atoms with Crippen molar-refractivity contribution in [3.05, 3.63) is 72.4 Å². The van der Waals surface area contributed by atoms with Crippen LogP contribution in [0.15, 0.2) is 66.9 Å². The number of piperidine rings is 1. The molecule has 0 amide bonds. The highest BCUT2D eigenvalue weighted by Gasteiger charge is 2.34. The standard InChI is InChI=1S/C23H26N2O3/c26-22(28-20-7-2-1-3-8-20)10-13-25-14-11-23(27,12-15-25)19-16-18-6-4-5-9-21(18)24-17-19/h1-9,16-17,22,26-27H,10-15H2/t22-/m0/s1. The van der Waals surface area contributed by atoms with E-state index >= 15 is 0 Å². The number of fused-ring (bicyclic) bond motifs is 1. The molecule has 146 valence electrons. The Morgan fingerprint density at radius 2 is 1.75 bits per heavy atom. The summed E-state index contributed by atoms with van der Waals surface area (Å²) in [5, 5.41) is 22.3. The number of aromatic nitrogens is 1. The van der Waals surface area contributed by atoms with Gasteiger partial charge in [-0.15, -0.1) is 0 Å². The third-order valence-corrected chi connectivity index (χ3v) is 5.52. The molecular weight excluding hydrogens is 352 g/mol. The second kappa shape index (κ2) is 8.27. The van der Waals surface area contributed by atoms with E-state index in [1.807, 2.05) is 54.6 Å². The lowest BCUT2D eigenvalue weighted by Crippen LogP contribution is -2.43. The monoisotopic (exact) mass is 378 g/mol. The Bertz CT molecular complexity index is 908. The number of nitrogens with zero attached hydrogens (tertiary/aromatic N) is 2. The number of aliphatic hydroxyl groups is 2. The van der Waals surface area contributed by atoms with Crippen LogP contribution >= 0.6 is 0 Å². The first-order valence-electron chi connectivity index (χ1n) is 9.82. The van der Waals surface area contributed by atoms with Crippen LogP contribution in [-0.2, 0) is 5.60 Å². The molecule has 3 aromatic rings. The molecule has 0 spiro atoms. The normalized spacial score (nSPS) is 18.1. The number of aliphatic hydroxyl groups excluding tert-OH is 1. The van der Waals surface area contributed by atoms with E-state index in [0.29, 0.717) is 25.0 Å². The van der Waals surface area contributed by atoms with E-state index in [9.17, 15) is 10.2 Å². The molecule has 0 unspecified atom stereocenters. The van der Waals surface area contributed by atoms with E-state index < -0.39 is 11.9 Å². The summed E-state index contributed by atoms with van der Waals surface area (Å²) in [6, 6.07) is 19.4. The Morgan fingerprint density at radius 3 is 2.54 bits per heavy atom. The first kappa shape index (κ1) is 18.9. The lowest BCUT2D eigenvalue weighted by atomic mass is 9.85. The molecule has 0 bridgehead atoms. The van der Waals surface area contributed by atoms with E-state index in [2.05, 4.69) is 16.0 Å². The van der Waals surface area contributed by atoms with E-state index in [1.165, 1.54) is 0 Å². The number of hydrogen-bond donors (Lipinski definition) is 2. The van der Waals surface area contributed by atoms with E-state index in [0.717, 1.165) is 36.1 Å². The molecule has 5 nitrogen and oxygen atoms in total. The smallest absolute Gasteiger partial charge is 0.198 e. The van der Waals surface area contributed by atoms with Gasteiger partial charge in [0.15, 0.2) is 6.29 Å². The van der Waals surface area contributed by atoms with Crippen molar-refractivity contribution in [1.29, 1.82) is 0 Å². The van der Waals surface area contributed by atoms with Gasteiger partial charge in [0.2, 0.25) is 0 Å². The molecule has 1 saturated heterocycles. The topological polar surface area (TPSA) is 65.8 Å². The van der Waals surface area contributed by atoms with Crippen LogP contribution in [0.25, 0.3) is 10.9 Å². The highest BCUT2D eigenvalue weighted by atomic mass is 16.6. The number of hydrogen-bond acceptors (Lipinski definition) is 5. The van der Waals surface area contributed by atoms with E-state index in [4.69, 9.17) is 4.74 Å². The molecule has 1 atom stereocenters. The van der Waals surface area contributed by atoms with Gasteiger partial charge >= 0.3 is 0 Å². The maximum Gasteiger partial charge on any atom is 0.198 e. The number of para-hydroxylation sites is 2. The Balaban J connectivity index is 1.30. The summed E-state index contributed by atoms with van der Waals surface area (Å²) in [5.41, 5.74) is 0.991. The van der Waals surface area contributed by atoms with Crippen molar-refractivity contribution < 1.29 is 14.9 Å². The average Bonchev–Trinajstić information content (AvgIpc) is 2.74. The third kappa shape index (κ3) is 4.33. The molecule has 1 aliphatic rings. The zero-order valence-corrected chi connectivity index (χ0v) is 15.9. The van der Waals surface area contributed by atoms with Crippen LogP contribution in [0.5, 0.6) is 5.75 Å². The largest absolute Gasteiger partial charge is 0.465 e. The molecule has 5 heteroatoms. The van der Waals surface area contributed by atoms with Crippen LogP contribution in [0, 0.1) is 0 Å². The summed E-state index contributed by atoms with van der Waals surface area (Å²) in [4.78, 5) is 6.76. The van der Waals surface area contributed by atoms with Crippen LogP contribution in [0.2, 0.25) is 0 Å². The van der Waals surface area contributed by atoms with Gasteiger partial charge in [0.1, 0.15) is 5.75 Å². The predicted molar refractivity (Wildman–Crippen MR) is 109 cm³/mol. The Morgan fingerprint density at radius 1 is 1.04 bits per heavy atom. The summed E-state index contributed by atoms with van der Waals surface area (Å²) >= 11 is 0. The van der Waals surface area contributed by atoms with Crippen molar-refractivity contribution in [3.63, 3.8) is 0 Å². The van der Waals surface area contributed by atoms with Crippen molar-refractivity contribution in [2.45, 2.75) is 31.2 Å². The van der Waals surface area contributed by atoms with Crippen LogP contribution in [0.4, 0.5) is 0 Å². The van der Waals surface area contributed by atoms with Crippen molar-refractivity contribution in [2.75, 3.05) is 19.6 Å². The highest BCUT2D eigenvalue weighted by Crippen LogP contribution is 2.33. The van der Waals surface area contributed by atoms with Crippen LogP contribution < -0.4 is 4.74 Å². The number of ether oxygens (including phenoxy) is 1. The fourth-order valence-electron chi connectivity index (χ4n) is 3.77. The molecular formula is C23H26N2O3. The number of pyridine rings is 1. The van der Waals surface area contributed by atoms with Gasteiger partial charge in [0, 0.05) is 43.2 Å². The van der Waals surface area contributed by atoms with Crippen molar-refractivity contribution in [3.8, 4) is 5.75 Å². The first-order valence-corrected chi connectivity index (χ1v) is 9.82. The zero-order chi connectivity index (χ0) is 19.4. The Hall–Kier alpha value is -2.47. The molecule has 1 fully saturated rings. The summed E-state index contributed by atoms with van der Waals surface area (Å²) in [5.74, 6) is 0.673. The fourth-order valence-corrected chi connectivity index (χ4v) is 3.77. The number of benzene rings is 2. The fraction of sp³-hybridized carbons (Fsp3) is 0.348. The average molecular weight is 378 g/mol. The van der Waals surface area contributed by atoms with Gasteiger partial charge in [-0.3, -0.25) is 4.98 Å². The van der Waals surface area contributed by atoms with Crippen LogP contribution in [0.1, 0.15) is 24.8 Å². The van der Waals surface area contributed by atoms with Crippen molar-refractivity contribution >= 4 is 10.9 Å². The quantitative estimate of drug-likeness (QED) is 0.644. The van der Waals surface area contributed by atoms with Gasteiger partial charge in [-0.2, -0.15) is 0 Å². The molecule has 2 heterocycles. The molecule has 2 N–H and O–H groups in total. The van der Waals surface area contributed by atoms with Crippen LogP contribution in [0.3, 0.4) is 0 Å². The maximum absolute atomic E-state index is 11.2. The second-order valence-corrected chi connectivity index (χ2v) is 7.46. The molecule has 4 rings (SSSR count). The lowest BCUT2D eigenvalue weighted by Gasteiger charge is -2.38. The number of rotatable bonds is 6. The summed E-state index contributed by atoms with van der Waals surface area (Å²) in [6.07, 6.45) is 2.82. The molecule has 0 saturated carbocycles. The molecule has 2 aromatic carbocycles. The minimum atomic E-state index is -0.841. The molecule has 1 aliphatic heterocycles. The first-order chi connectivity index (χ1) is 13.6. The highest BCUT2D eigenvalue weighted by molar-refractivity contribution is 5.78. The van der Waals surface area contributed by atoms with Gasteiger partial charge in [-0.25, -0.2) is 0 Å². The lowest BCUT2D eigenvalue weighted by molar-refractivity contribution is -0.0476. The number of likely N-dealkylation sites (tertiary alicyclic amines) is 1. The summed E-state index contributed by atoms with van der Waals surface area (Å²) in [6.45, 7) is 2.29. The van der Waals surface area contributed by atoms with Gasteiger partial charge in [-0.05, 0) is 37.1 Å². The van der Waals surface area contributed by atoms with Crippen molar-refractivity contribution in [1.82, 2.24) is 9.88 Å². The van der Waals surface area contributed by atoms with Gasteiger partial charge in [-0.1, -0.05) is 36.4 Å². The molecule has 1 aromatic heterocycles. The summed E-state index contributed by atoms with van der Waals surface area (Å²) < 4.78 is 5.53. The SMILES string of the molecule is O[C@H](CCN1CCC(O)(c2cnc3ccccc3c2)CC1)Oc1ccccc1. The minimum absolute atomic E-state index is 0.533. The minimum Gasteiger partial charge on any atom is -0.465 e. The predicted octanol–water partition coefficient (Wildman–Crippen LogP) is 3.31. The van der Waals surface area contributed by atoms with Gasteiger partial charge < -0.3 is 19.8 Å². The van der Waals surface area contributed by atoms with Crippen LogP contribution in [-0.4, -0.2) is 46.0 Å². The van der Waals surface area contributed by atoms with Crippen molar-refractivity contribution in [2.24, 2.45) is 0 Å². The molecule has 28 heavy (non-hydrogen) atoms. The molecule has 0 aliphatic carbocycles. The van der Waals surface area contributed by atoms with E-state index in [1.54, 1.807) is 6.20 Å². The molecule has 0 radical (unpaired) electrons. The van der Waals surface area contributed by atoms with Gasteiger partial charge in [0.25, 0.3) is 0 Å². The van der Waals surface area contributed by atoms with Gasteiger partial charge in [0.05, 0.1) is 11.1 Å². The third-order valence-electron chi connectivity index (χ3n) is 5.52. The summed E-state index contributed by atoms with van der Waals surface area (Å²) in [7, 11) is 0.